The maximum atomic E-state index is 10.1. The van der Waals surface area contributed by atoms with Crippen LogP contribution in [0.25, 0.3) is 0 Å². The minimum Gasteiger partial charge on any atom is -0.480 e. The molecule has 7 heteroatoms. The number of carbonyl (C=O) groups is 1. The first-order valence-corrected chi connectivity index (χ1v) is 3.89. The number of nitrogens with two attached hydrogens (primary N) is 2. The lowest BCUT2D eigenvalue weighted by atomic mass is 10.3. The van der Waals surface area contributed by atoms with E-state index in [4.69, 9.17) is 10.8 Å². The van der Waals surface area contributed by atoms with Crippen molar-refractivity contribution in [3.63, 3.8) is 0 Å². The zero-order valence-electron chi connectivity index (χ0n) is 7.79. The van der Waals surface area contributed by atoms with Gasteiger partial charge in [0.2, 0.25) is 0 Å². The maximum absolute atomic E-state index is 10.1. The lowest BCUT2D eigenvalue weighted by molar-refractivity contribution is -0.384. The standard InChI is InChI=1S/C6H6N2O2.C2H5NO2/c7-5-1-3-6(4-2-5)8(9)10;3-1-2(4)5/h1-4H,7H2;1,3H2,(H,4,5). The fraction of sp³-hybridized carbons (Fsp3) is 0.125. The molecule has 0 radical (unpaired) electrons. The second-order valence-corrected chi connectivity index (χ2v) is 2.45. The van der Waals surface area contributed by atoms with Crippen molar-refractivity contribution in [2.24, 2.45) is 5.73 Å². The fourth-order valence-corrected chi connectivity index (χ4v) is 0.596. The maximum Gasteiger partial charge on any atom is 0.317 e. The molecule has 5 N–H and O–H groups in total. The number of nitrogen functional groups attached to an aromatic ring is 1. The molecule has 15 heavy (non-hydrogen) atoms. The normalized spacial score (nSPS) is 8.60. The van der Waals surface area contributed by atoms with Crippen molar-refractivity contribution in [3.8, 4) is 0 Å². The van der Waals surface area contributed by atoms with E-state index in [2.05, 4.69) is 5.73 Å². The van der Waals surface area contributed by atoms with Gasteiger partial charge in [-0.1, -0.05) is 0 Å². The Bertz CT molecular complexity index is 336. The first-order chi connectivity index (χ1) is 6.97. The number of non-ortho nitro benzene ring substituents is 1. The molecule has 1 aromatic rings. The lowest BCUT2D eigenvalue weighted by Gasteiger charge is -1.90. The minimum atomic E-state index is -0.968. The Morgan fingerprint density at radius 1 is 1.40 bits per heavy atom. The van der Waals surface area contributed by atoms with Crippen LogP contribution in [-0.4, -0.2) is 22.5 Å². The number of aliphatic carboxylic acids is 1. The minimum absolute atomic E-state index is 0.0641. The third kappa shape index (κ3) is 5.99. The van der Waals surface area contributed by atoms with Crippen LogP contribution in [0.4, 0.5) is 11.4 Å². The van der Waals surface area contributed by atoms with Crippen molar-refractivity contribution in [2.45, 2.75) is 0 Å². The number of rotatable bonds is 2. The second kappa shape index (κ2) is 6.33. The van der Waals surface area contributed by atoms with Gasteiger partial charge in [0.05, 0.1) is 11.5 Å². The molecule has 0 aliphatic rings. The number of nitro benzene ring substituents is 1. The second-order valence-electron chi connectivity index (χ2n) is 2.45. The van der Waals surface area contributed by atoms with Gasteiger partial charge in [-0.3, -0.25) is 14.9 Å². The summed E-state index contributed by atoms with van der Waals surface area (Å²) in [4.78, 5) is 18.9. The number of benzene rings is 1. The number of nitro groups is 1. The van der Waals surface area contributed by atoms with Crippen LogP contribution in [0, 0.1) is 10.1 Å². The van der Waals surface area contributed by atoms with Crippen LogP contribution in [0.3, 0.4) is 0 Å². The van der Waals surface area contributed by atoms with Gasteiger partial charge in [0.1, 0.15) is 0 Å². The third-order valence-electron chi connectivity index (χ3n) is 1.28. The molecule has 1 aromatic carbocycles. The van der Waals surface area contributed by atoms with E-state index in [1.807, 2.05) is 0 Å². The molecule has 82 valence electrons. The third-order valence-corrected chi connectivity index (χ3v) is 1.28. The molecule has 0 fully saturated rings. The Hall–Kier alpha value is -2.15. The van der Waals surface area contributed by atoms with Gasteiger partial charge in [0.15, 0.2) is 0 Å². The largest absolute Gasteiger partial charge is 0.480 e. The van der Waals surface area contributed by atoms with E-state index in [0.29, 0.717) is 5.69 Å². The SMILES string of the molecule is NCC(=O)O.Nc1ccc([N+](=O)[O-])cc1. The number of hydrogen-bond donors (Lipinski definition) is 3. The summed E-state index contributed by atoms with van der Waals surface area (Å²) in [5, 5.41) is 17.7. The van der Waals surface area contributed by atoms with Gasteiger partial charge in [-0.05, 0) is 12.1 Å². The highest BCUT2D eigenvalue weighted by molar-refractivity contribution is 5.68. The summed E-state index contributed by atoms with van der Waals surface area (Å²) in [6.45, 7) is -0.278. The van der Waals surface area contributed by atoms with Gasteiger partial charge in [-0.15, -0.1) is 0 Å². The van der Waals surface area contributed by atoms with E-state index >= 15 is 0 Å². The summed E-state index contributed by atoms with van der Waals surface area (Å²) in [5.74, 6) is -0.968. The van der Waals surface area contributed by atoms with Crippen molar-refractivity contribution < 1.29 is 14.8 Å². The summed E-state index contributed by atoms with van der Waals surface area (Å²) < 4.78 is 0. The molecule has 0 amide bonds. The molecule has 0 saturated carbocycles. The highest BCUT2D eigenvalue weighted by Crippen LogP contribution is 2.11. The summed E-state index contributed by atoms with van der Waals surface area (Å²) in [6.07, 6.45) is 0. The molecule has 0 saturated heterocycles. The van der Waals surface area contributed by atoms with Crippen molar-refractivity contribution in [1.29, 1.82) is 0 Å². The molecule has 0 aromatic heterocycles. The number of anilines is 1. The molecule has 0 bridgehead atoms. The Balaban J connectivity index is 0.000000336. The van der Waals surface area contributed by atoms with E-state index in [-0.39, 0.29) is 12.2 Å². The lowest BCUT2D eigenvalue weighted by Crippen LogP contribution is -2.10. The van der Waals surface area contributed by atoms with Gasteiger partial charge in [0.25, 0.3) is 5.69 Å². The predicted molar refractivity (Wildman–Crippen MR) is 54.2 cm³/mol. The van der Waals surface area contributed by atoms with E-state index in [0.717, 1.165) is 0 Å². The molecule has 0 unspecified atom stereocenters. The fourth-order valence-electron chi connectivity index (χ4n) is 0.596. The van der Waals surface area contributed by atoms with Crippen LogP contribution >= 0.6 is 0 Å². The molecule has 0 atom stereocenters. The summed E-state index contributed by atoms with van der Waals surface area (Å²) in [6, 6.07) is 5.74. The van der Waals surface area contributed by atoms with Gasteiger partial charge in [-0.2, -0.15) is 0 Å². The van der Waals surface area contributed by atoms with E-state index in [1.165, 1.54) is 24.3 Å². The topological polar surface area (TPSA) is 132 Å². The van der Waals surface area contributed by atoms with Crippen LogP contribution < -0.4 is 11.5 Å². The number of nitrogens with zero attached hydrogens (tertiary/aromatic N) is 1. The zero-order chi connectivity index (χ0) is 11.8. The van der Waals surface area contributed by atoms with Gasteiger partial charge >= 0.3 is 5.97 Å². The van der Waals surface area contributed by atoms with Crippen molar-refractivity contribution in [1.82, 2.24) is 0 Å². The van der Waals surface area contributed by atoms with Crippen molar-refractivity contribution >= 4 is 17.3 Å². The van der Waals surface area contributed by atoms with E-state index < -0.39 is 10.9 Å². The number of hydrogen-bond acceptors (Lipinski definition) is 5. The molecule has 0 spiro atoms. The summed E-state index contributed by atoms with van der Waals surface area (Å²) in [5.41, 5.74) is 10.5. The van der Waals surface area contributed by atoms with E-state index in [9.17, 15) is 14.9 Å². The molecule has 7 nitrogen and oxygen atoms in total. The Morgan fingerprint density at radius 2 is 1.80 bits per heavy atom. The van der Waals surface area contributed by atoms with Crippen LogP contribution in [-0.2, 0) is 4.79 Å². The van der Waals surface area contributed by atoms with Gasteiger partial charge < -0.3 is 16.6 Å². The average molecular weight is 213 g/mol. The number of carboxylic acids is 1. The predicted octanol–water partition coefficient (Wildman–Crippen LogP) is 0.207. The monoisotopic (exact) mass is 213 g/mol. The molecule has 1 rings (SSSR count). The quantitative estimate of drug-likeness (QED) is 0.365. The Morgan fingerprint density at radius 3 is 2.07 bits per heavy atom. The Kier molecular flexibility index (Phi) is 5.42. The number of carboxylic acid groups (broad SMARTS) is 1. The zero-order valence-corrected chi connectivity index (χ0v) is 7.79. The van der Waals surface area contributed by atoms with Gasteiger partial charge in [0, 0.05) is 17.8 Å². The Labute approximate surface area is 85.5 Å². The first kappa shape index (κ1) is 12.8. The molecule has 0 aliphatic heterocycles. The summed E-state index contributed by atoms with van der Waals surface area (Å²) >= 11 is 0. The molecule has 0 aliphatic carbocycles. The molecular weight excluding hydrogens is 202 g/mol. The van der Waals surface area contributed by atoms with Crippen LogP contribution in [0.15, 0.2) is 24.3 Å². The smallest absolute Gasteiger partial charge is 0.317 e. The average Bonchev–Trinajstić information content (AvgIpc) is 2.19. The summed E-state index contributed by atoms with van der Waals surface area (Å²) in [7, 11) is 0. The van der Waals surface area contributed by atoms with Crippen molar-refractivity contribution in [3.05, 3.63) is 34.4 Å². The highest BCUT2D eigenvalue weighted by atomic mass is 16.6. The van der Waals surface area contributed by atoms with Crippen LogP contribution in [0.2, 0.25) is 0 Å². The van der Waals surface area contributed by atoms with Crippen LogP contribution in [0.5, 0.6) is 0 Å². The van der Waals surface area contributed by atoms with Crippen molar-refractivity contribution in [2.75, 3.05) is 12.3 Å². The molecular formula is C8H11N3O4. The first-order valence-electron chi connectivity index (χ1n) is 3.89. The molecule has 0 heterocycles. The van der Waals surface area contributed by atoms with Crippen LogP contribution in [0.1, 0.15) is 0 Å². The van der Waals surface area contributed by atoms with E-state index in [1.54, 1.807) is 0 Å². The van der Waals surface area contributed by atoms with Gasteiger partial charge in [-0.25, -0.2) is 0 Å². The highest BCUT2D eigenvalue weighted by Gasteiger charge is 2.00.